The van der Waals surface area contributed by atoms with E-state index < -0.39 is 0 Å². The molecule has 0 aliphatic heterocycles. The quantitative estimate of drug-likeness (QED) is 0.631. The Balaban J connectivity index is 4.53. The van der Waals surface area contributed by atoms with Gasteiger partial charge in [0.25, 0.3) is 0 Å². The van der Waals surface area contributed by atoms with E-state index in [0.717, 1.165) is 6.42 Å². The third kappa shape index (κ3) is 3.42. The van der Waals surface area contributed by atoms with E-state index in [2.05, 4.69) is 31.3 Å². The van der Waals surface area contributed by atoms with Crippen LogP contribution in [0.1, 0.15) is 27.2 Å². The van der Waals surface area contributed by atoms with Crippen LogP contribution in [0.3, 0.4) is 0 Å². The highest BCUT2D eigenvalue weighted by Crippen LogP contribution is 2.10. The molecule has 0 aromatic rings. The van der Waals surface area contributed by atoms with Crippen molar-refractivity contribution < 1.29 is 0 Å². The Kier molecular flexibility index (Phi) is 6.16. The van der Waals surface area contributed by atoms with Gasteiger partial charge in [0.05, 0.1) is 0 Å². The molecule has 0 aliphatic rings. The van der Waals surface area contributed by atoms with Crippen molar-refractivity contribution in [3.63, 3.8) is 0 Å². The summed E-state index contributed by atoms with van der Waals surface area (Å²) in [6, 6.07) is 0. The number of likely N-dealkylation sites (N-methyl/N-ethyl adjacent to an activating group) is 1. The molecule has 0 aromatic carbocycles. The van der Waals surface area contributed by atoms with Crippen molar-refractivity contribution in [2.24, 2.45) is 0 Å². The SMILES string of the molecule is C\C=C/C=C(NC)\C(=C/C)CC. The van der Waals surface area contributed by atoms with E-state index in [-0.39, 0.29) is 0 Å². The average molecular weight is 165 g/mol. The molecule has 0 spiro atoms. The Morgan fingerprint density at radius 2 is 2.00 bits per heavy atom. The Morgan fingerprint density at radius 1 is 1.33 bits per heavy atom. The molecule has 0 fully saturated rings. The summed E-state index contributed by atoms with van der Waals surface area (Å²) in [7, 11) is 1.95. The maximum Gasteiger partial charge on any atom is 0.0366 e. The van der Waals surface area contributed by atoms with Gasteiger partial charge in [0.15, 0.2) is 0 Å². The maximum atomic E-state index is 3.18. The molecule has 0 saturated carbocycles. The molecule has 12 heavy (non-hydrogen) atoms. The molecule has 0 unspecified atom stereocenters. The van der Waals surface area contributed by atoms with Crippen LogP contribution in [-0.2, 0) is 0 Å². The van der Waals surface area contributed by atoms with Crippen LogP contribution in [0, 0.1) is 0 Å². The predicted octanol–water partition coefficient (Wildman–Crippen LogP) is 3.02. The van der Waals surface area contributed by atoms with Crippen molar-refractivity contribution in [2.45, 2.75) is 27.2 Å². The zero-order valence-corrected chi connectivity index (χ0v) is 8.52. The molecular formula is C11H19N. The standard InChI is InChI=1S/C11H19N/c1-5-8-9-11(12-4)10(6-2)7-3/h5-6,8-9,12H,7H2,1-4H3/b8-5-,10-6-,11-9+. The van der Waals surface area contributed by atoms with E-state index in [4.69, 9.17) is 0 Å². The number of rotatable bonds is 4. The number of hydrogen-bond donors (Lipinski definition) is 1. The first-order valence-electron chi connectivity index (χ1n) is 4.46. The summed E-state index contributed by atoms with van der Waals surface area (Å²) in [6.07, 6.45) is 9.39. The minimum atomic E-state index is 1.07. The second-order valence-corrected chi connectivity index (χ2v) is 2.52. The number of allylic oxidation sites excluding steroid dienone is 5. The normalized spacial score (nSPS) is 14.0. The molecule has 0 heterocycles. The van der Waals surface area contributed by atoms with E-state index in [1.807, 2.05) is 26.1 Å². The van der Waals surface area contributed by atoms with Crippen LogP contribution in [0.4, 0.5) is 0 Å². The molecule has 0 atom stereocenters. The molecule has 1 N–H and O–H groups in total. The van der Waals surface area contributed by atoms with Crippen molar-refractivity contribution in [1.82, 2.24) is 5.32 Å². The van der Waals surface area contributed by atoms with Crippen LogP contribution in [-0.4, -0.2) is 7.05 Å². The summed E-state index contributed by atoms with van der Waals surface area (Å²) in [5, 5.41) is 3.18. The van der Waals surface area contributed by atoms with Crippen LogP contribution in [0.2, 0.25) is 0 Å². The summed E-state index contributed by atoms with van der Waals surface area (Å²) in [4.78, 5) is 0. The highest BCUT2D eigenvalue weighted by Gasteiger charge is 1.96. The van der Waals surface area contributed by atoms with E-state index in [1.165, 1.54) is 11.3 Å². The minimum absolute atomic E-state index is 1.07. The monoisotopic (exact) mass is 165 g/mol. The lowest BCUT2D eigenvalue weighted by Crippen LogP contribution is -2.07. The lowest BCUT2D eigenvalue weighted by molar-refractivity contribution is 0.951. The van der Waals surface area contributed by atoms with E-state index in [1.54, 1.807) is 0 Å². The molecule has 0 aliphatic carbocycles. The number of nitrogens with one attached hydrogen (secondary N) is 1. The van der Waals surface area contributed by atoms with Gasteiger partial charge in [0.1, 0.15) is 0 Å². The molecule has 1 heteroatoms. The fourth-order valence-corrected chi connectivity index (χ4v) is 1.09. The predicted molar refractivity (Wildman–Crippen MR) is 56.0 cm³/mol. The third-order valence-electron chi connectivity index (χ3n) is 1.80. The van der Waals surface area contributed by atoms with Gasteiger partial charge in [-0.15, -0.1) is 0 Å². The molecule has 0 aromatic heterocycles. The van der Waals surface area contributed by atoms with Gasteiger partial charge in [-0.1, -0.05) is 25.2 Å². The highest BCUT2D eigenvalue weighted by atomic mass is 14.8. The van der Waals surface area contributed by atoms with Gasteiger partial charge < -0.3 is 5.32 Å². The van der Waals surface area contributed by atoms with E-state index in [9.17, 15) is 0 Å². The van der Waals surface area contributed by atoms with E-state index in [0.29, 0.717) is 0 Å². The molecule has 0 saturated heterocycles. The summed E-state index contributed by atoms with van der Waals surface area (Å²) in [5.74, 6) is 0. The van der Waals surface area contributed by atoms with Crippen LogP contribution < -0.4 is 5.32 Å². The largest absolute Gasteiger partial charge is 0.388 e. The Morgan fingerprint density at radius 3 is 2.33 bits per heavy atom. The minimum Gasteiger partial charge on any atom is -0.388 e. The highest BCUT2D eigenvalue weighted by molar-refractivity contribution is 5.31. The van der Waals surface area contributed by atoms with Crippen LogP contribution in [0.15, 0.2) is 35.6 Å². The Bertz CT molecular complexity index is 197. The summed E-state index contributed by atoms with van der Waals surface area (Å²) in [6.45, 7) is 6.25. The zero-order chi connectivity index (χ0) is 9.40. The first-order chi connectivity index (χ1) is 5.79. The van der Waals surface area contributed by atoms with Gasteiger partial charge in [0.2, 0.25) is 0 Å². The second-order valence-electron chi connectivity index (χ2n) is 2.52. The van der Waals surface area contributed by atoms with Crippen molar-refractivity contribution in [2.75, 3.05) is 7.05 Å². The van der Waals surface area contributed by atoms with Gasteiger partial charge in [-0.2, -0.15) is 0 Å². The first-order valence-corrected chi connectivity index (χ1v) is 4.46. The third-order valence-corrected chi connectivity index (χ3v) is 1.80. The Hall–Kier alpha value is -0.980. The van der Waals surface area contributed by atoms with Gasteiger partial charge in [0, 0.05) is 12.7 Å². The van der Waals surface area contributed by atoms with Gasteiger partial charge in [-0.25, -0.2) is 0 Å². The second kappa shape index (κ2) is 6.71. The summed E-state index contributed by atoms with van der Waals surface area (Å²) < 4.78 is 0. The lowest BCUT2D eigenvalue weighted by atomic mass is 10.1. The van der Waals surface area contributed by atoms with Gasteiger partial charge in [-0.3, -0.25) is 0 Å². The van der Waals surface area contributed by atoms with E-state index >= 15 is 0 Å². The maximum absolute atomic E-state index is 3.18. The van der Waals surface area contributed by atoms with Crippen LogP contribution in [0.5, 0.6) is 0 Å². The molecule has 0 amide bonds. The van der Waals surface area contributed by atoms with Crippen molar-refractivity contribution >= 4 is 0 Å². The summed E-state index contributed by atoms with van der Waals surface area (Å²) >= 11 is 0. The lowest BCUT2D eigenvalue weighted by Gasteiger charge is -2.07. The van der Waals surface area contributed by atoms with Crippen LogP contribution in [0.25, 0.3) is 0 Å². The average Bonchev–Trinajstić information content (AvgIpc) is 2.12. The molecule has 0 bridgehead atoms. The molecule has 1 nitrogen and oxygen atoms in total. The zero-order valence-electron chi connectivity index (χ0n) is 8.52. The fraction of sp³-hybridized carbons (Fsp3) is 0.455. The molecular weight excluding hydrogens is 146 g/mol. The smallest absolute Gasteiger partial charge is 0.0366 e. The summed E-state index contributed by atoms with van der Waals surface area (Å²) in [5.41, 5.74) is 2.56. The molecule has 68 valence electrons. The molecule has 0 rings (SSSR count). The van der Waals surface area contributed by atoms with Crippen molar-refractivity contribution in [3.8, 4) is 0 Å². The number of hydrogen-bond acceptors (Lipinski definition) is 1. The van der Waals surface area contributed by atoms with Crippen molar-refractivity contribution in [1.29, 1.82) is 0 Å². The van der Waals surface area contributed by atoms with Gasteiger partial charge >= 0.3 is 0 Å². The fourth-order valence-electron chi connectivity index (χ4n) is 1.09. The topological polar surface area (TPSA) is 12.0 Å². The van der Waals surface area contributed by atoms with Crippen LogP contribution >= 0.6 is 0 Å². The Labute approximate surface area is 75.9 Å². The van der Waals surface area contributed by atoms with Crippen molar-refractivity contribution in [3.05, 3.63) is 35.6 Å². The first kappa shape index (κ1) is 11.0. The molecule has 0 radical (unpaired) electrons. The van der Waals surface area contributed by atoms with Gasteiger partial charge in [-0.05, 0) is 31.9 Å².